The Morgan fingerprint density at radius 1 is 1.18 bits per heavy atom. The summed E-state index contributed by atoms with van der Waals surface area (Å²) in [6.07, 6.45) is 6.69. The zero-order valence-electron chi connectivity index (χ0n) is 20.7. The maximum atomic E-state index is 5.75. The fourth-order valence-corrected chi connectivity index (χ4v) is 4.73. The average Bonchev–Trinajstić information content (AvgIpc) is 3.41. The Hall–Kier alpha value is -2.35. The van der Waals surface area contributed by atoms with Crippen LogP contribution in [0.3, 0.4) is 0 Å². The standard InChI is InChI=1S/C26H40N6O/c1-5-10-25(27-22-18-31(6-2)33-19-22)28-26-20(3)24(17-21-13-15-30(4)16-14-21)29-32(26)23-11-8-7-9-12-23/h7-12,21-22,27-28H,5-6,13-19H2,1-4H3/b25-10-/t22-/m1/s1. The number of likely N-dealkylation sites (tertiary alicyclic amines) is 1. The zero-order chi connectivity index (χ0) is 23.2. The van der Waals surface area contributed by atoms with Gasteiger partial charge in [0.15, 0.2) is 0 Å². The number of benzene rings is 1. The normalized spacial score (nSPS) is 21.0. The third-order valence-corrected chi connectivity index (χ3v) is 6.80. The Morgan fingerprint density at radius 2 is 1.94 bits per heavy atom. The molecule has 2 aliphatic heterocycles. The summed E-state index contributed by atoms with van der Waals surface area (Å²) >= 11 is 0. The SMILES string of the molecule is CC/C=C(\Nc1c(C)c(CC2CCN(C)CC2)nn1-c1ccccc1)N[C@H]1CON(CC)C1. The Bertz CT molecular complexity index is 916. The van der Waals surface area contributed by atoms with Crippen LogP contribution in [0.15, 0.2) is 42.2 Å². The third-order valence-electron chi connectivity index (χ3n) is 6.80. The van der Waals surface area contributed by atoms with Crippen LogP contribution in [0.25, 0.3) is 5.69 Å². The van der Waals surface area contributed by atoms with Gasteiger partial charge in [0.05, 0.1) is 24.0 Å². The van der Waals surface area contributed by atoms with E-state index in [0.29, 0.717) is 12.5 Å². The first-order chi connectivity index (χ1) is 16.1. The number of piperidine rings is 1. The number of anilines is 1. The summed E-state index contributed by atoms with van der Waals surface area (Å²) in [7, 11) is 2.22. The van der Waals surface area contributed by atoms with E-state index in [0.717, 1.165) is 43.3 Å². The molecule has 2 N–H and O–H groups in total. The molecule has 2 aliphatic rings. The lowest BCUT2D eigenvalue weighted by atomic mass is 9.91. The second-order valence-corrected chi connectivity index (χ2v) is 9.39. The fraction of sp³-hybridized carbons (Fsp3) is 0.577. The van der Waals surface area contributed by atoms with Gasteiger partial charge in [0, 0.05) is 18.7 Å². The number of nitrogens with zero attached hydrogens (tertiary/aromatic N) is 4. The lowest BCUT2D eigenvalue weighted by molar-refractivity contribution is -0.105. The molecule has 1 atom stereocenters. The van der Waals surface area contributed by atoms with Gasteiger partial charge in [-0.2, -0.15) is 10.2 Å². The highest BCUT2D eigenvalue weighted by Crippen LogP contribution is 2.29. The molecule has 0 amide bonds. The molecule has 0 radical (unpaired) electrons. The lowest BCUT2D eigenvalue weighted by Gasteiger charge is -2.28. The van der Waals surface area contributed by atoms with Crippen molar-refractivity contribution in [3.05, 3.63) is 53.5 Å². The molecule has 0 bridgehead atoms. The summed E-state index contributed by atoms with van der Waals surface area (Å²) in [5, 5.41) is 14.5. The van der Waals surface area contributed by atoms with Crippen molar-refractivity contribution >= 4 is 5.82 Å². The van der Waals surface area contributed by atoms with E-state index in [1.54, 1.807) is 0 Å². The second-order valence-electron chi connectivity index (χ2n) is 9.39. The Labute approximate surface area is 198 Å². The minimum Gasteiger partial charge on any atom is -0.365 e. The summed E-state index contributed by atoms with van der Waals surface area (Å²) in [5.74, 6) is 2.77. The molecule has 7 nitrogen and oxygen atoms in total. The van der Waals surface area contributed by atoms with E-state index in [9.17, 15) is 0 Å². The predicted octanol–water partition coefficient (Wildman–Crippen LogP) is 3.95. The van der Waals surface area contributed by atoms with Gasteiger partial charge in [-0.25, -0.2) is 4.68 Å². The third kappa shape index (κ3) is 5.96. The zero-order valence-corrected chi connectivity index (χ0v) is 20.7. The van der Waals surface area contributed by atoms with E-state index in [-0.39, 0.29) is 6.04 Å². The van der Waals surface area contributed by atoms with E-state index >= 15 is 0 Å². The number of para-hydroxylation sites is 1. The van der Waals surface area contributed by atoms with Crippen molar-refractivity contribution in [2.24, 2.45) is 5.92 Å². The molecule has 7 heteroatoms. The largest absolute Gasteiger partial charge is 0.365 e. The number of likely N-dealkylation sites (N-methyl/N-ethyl adjacent to an activating group) is 1. The number of allylic oxidation sites excluding steroid dienone is 1. The molecule has 2 fully saturated rings. The molecule has 0 unspecified atom stereocenters. The van der Waals surface area contributed by atoms with Crippen LogP contribution in [0.2, 0.25) is 0 Å². The van der Waals surface area contributed by atoms with Gasteiger partial charge in [0.25, 0.3) is 0 Å². The van der Waals surface area contributed by atoms with Gasteiger partial charge in [-0.1, -0.05) is 32.0 Å². The van der Waals surface area contributed by atoms with Gasteiger partial charge in [-0.05, 0) is 76.9 Å². The molecule has 1 aromatic heterocycles. The number of aromatic nitrogens is 2. The molecule has 180 valence electrons. The van der Waals surface area contributed by atoms with Gasteiger partial charge in [-0.3, -0.25) is 4.84 Å². The van der Waals surface area contributed by atoms with E-state index in [1.807, 2.05) is 5.06 Å². The summed E-state index contributed by atoms with van der Waals surface area (Å²) in [6, 6.07) is 10.7. The molecule has 0 aliphatic carbocycles. The second kappa shape index (κ2) is 11.2. The minimum absolute atomic E-state index is 0.266. The summed E-state index contributed by atoms with van der Waals surface area (Å²) in [5.41, 5.74) is 3.52. The number of rotatable bonds is 9. The summed E-state index contributed by atoms with van der Waals surface area (Å²) in [6.45, 7) is 11.3. The Morgan fingerprint density at radius 3 is 2.61 bits per heavy atom. The molecule has 4 rings (SSSR count). The van der Waals surface area contributed by atoms with Crippen LogP contribution in [0.1, 0.15) is 44.4 Å². The van der Waals surface area contributed by atoms with Crippen molar-refractivity contribution in [3.8, 4) is 5.69 Å². The van der Waals surface area contributed by atoms with Crippen molar-refractivity contribution in [2.45, 2.75) is 52.5 Å². The van der Waals surface area contributed by atoms with Gasteiger partial charge in [-0.15, -0.1) is 0 Å². The molecule has 2 aromatic rings. The fourth-order valence-electron chi connectivity index (χ4n) is 4.73. The van der Waals surface area contributed by atoms with Gasteiger partial charge >= 0.3 is 0 Å². The highest BCUT2D eigenvalue weighted by Gasteiger charge is 2.25. The van der Waals surface area contributed by atoms with Crippen LogP contribution in [-0.2, 0) is 11.3 Å². The number of hydrogen-bond acceptors (Lipinski definition) is 6. The monoisotopic (exact) mass is 452 g/mol. The predicted molar refractivity (Wildman–Crippen MR) is 134 cm³/mol. The topological polar surface area (TPSA) is 57.6 Å². The van der Waals surface area contributed by atoms with E-state index in [2.05, 4.69) is 84.4 Å². The first-order valence-corrected chi connectivity index (χ1v) is 12.5. The van der Waals surface area contributed by atoms with Crippen LogP contribution < -0.4 is 10.6 Å². The first-order valence-electron chi connectivity index (χ1n) is 12.5. The van der Waals surface area contributed by atoms with Crippen LogP contribution in [0.4, 0.5) is 5.82 Å². The van der Waals surface area contributed by atoms with Crippen molar-refractivity contribution in [1.82, 2.24) is 25.1 Å². The van der Waals surface area contributed by atoms with Crippen LogP contribution in [0.5, 0.6) is 0 Å². The maximum Gasteiger partial charge on any atom is 0.138 e. The van der Waals surface area contributed by atoms with Crippen LogP contribution in [0, 0.1) is 12.8 Å². The molecule has 3 heterocycles. The Balaban J connectivity index is 1.58. The van der Waals surface area contributed by atoms with Crippen LogP contribution >= 0.6 is 0 Å². The molecule has 0 spiro atoms. The number of nitrogens with one attached hydrogen (secondary N) is 2. The van der Waals surface area contributed by atoms with Gasteiger partial charge in [0.1, 0.15) is 11.6 Å². The minimum atomic E-state index is 0.266. The van der Waals surface area contributed by atoms with Crippen molar-refractivity contribution < 1.29 is 4.84 Å². The Kier molecular flexibility index (Phi) is 8.06. The number of hydrogen-bond donors (Lipinski definition) is 2. The first kappa shape index (κ1) is 23.8. The lowest BCUT2D eigenvalue weighted by Crippen LogP contribution is -2.36. The molecular formula is C26H40N6O. The van der Waals surface area contributed by atoms with Crippen LogP contribution in [-0.4, -0.2) is 65.6 Å². The average molecular weight is 453 g/mol. The smallest absolute Gasteiger partial charge is 0.138 e. The molecule has 2 saturated heterocycles. The highest BCUT2D eigenvalue weighted by molar-refractivity contribution is 5.56. The summed E-state index contributed by atoms with van der Waals surface area (Å²) < 4.78 is 2.08. The van der Waals surface area contributed by atoms with E-state index in [1.165, 1.54) is 37.2 Å². The highest BCUT2D eigenvalue weighted by atomic mass is 16.7. The van der Waals surface area contributed by atoms with Crippen molar-refractivity contribution in [2.75, 3.05) is 45.2 Å². The quantitative estimate of drug-likeness (QED) is 0.601. The van der Waals surface area contributed by atoms with Gasteiger partial charge in [0.2, 0.25) is 0 Å². The molecule has 33 heavy (non-hydrogen) atoms. The van der Waals surface area contributed by atoms with Gasteiger partial charge < -0.3 is 15.5 Å². The van der Waals surface area contributed by atoms with E-state index in [4.69, 9.17) is 9.94 Å². The molecular weight excluding hydrogens is 412 g/mol. The van der Waals surface area contributed by atoms with Crippen molar-refractivity contribution in [3.63, 3.8) is 0 Å². The van der Waals surface area contributed by atoms with Crippen molar-refractivity contribution in [1.29, 1.82) is 0 Å². The maximum absolute atomic E-state index is 5.75. The summed E-state index contributed by atoms with van der Waals surface area (Å²) in [4.78, 5) is 8.18. The molecule has 0 saturated carbocycles. The molecule has 1 aromatic carbocycles. The number of hydroxylamine groups is 2. The van der Waals surface area contributed by atoms with E-state index < -0.39 is 0 Å².